The van der Waals surface area contributed by atoms with Gasteiger partial charge in [0.2, 0.25) is 11.8 Å². The fourth-order valence-corrected chi connectivity index (χ4v) is 8.48. The number of rotatable bonds is 9. The first-order valence-corrected chi connectivity index (χ1v) is 21.1. The monoisotopic (exact) mass is 828 g/mol. The van der Waals surface area contributed by atoms with E-state index in [0.29, 0.717) is 37.4 Å². The average molecular weight is 829 g/mol. The second kappa shape index (κ2) is 18.1. The Morgan fingerprint density at radius 2 is 1.58 bits per heavy atom. The molecule has 2 aromatic heterocycles. The molecule has 0 saturated carbocycles. The van der Waals surface area contributed by atoms with Crippen molar-refractivity contribution in [2.75, 3.05) is 57.3 Å². The molecule has 60 heavy (non-hydrogen) atoms. The van der Waals surface area contributed by atoms with Crippen LogP contribution in [0.1, 0.15) is 107 Å². The number of amides is 2. The smallest absolute Gasteiger partial charge is 0.359 e. The highest BCUT2D eigenvalue weighted by Crippen LogP contribution is 2.32. The lowest BCUT2D eigenvalue weighted by Crippen LogP contribution is -2.55. The van der Waals surface area contributed by atoms with Crippen molar-refractivity contribution >= 4 is 29.3 Å². The number of piperidine rings is 1. The molecule has 4 aliphatic heterocycles. The summed E-state index contributed by atoms with van der Waals surface area (Å²) >= 11 is 0. The molecule has 16 heteroatoms. The van der Waals surface area contributed by atoms with Crippen LogP contribution in [0.2, 0.25) is 0 Å². The van der Waals surface area contributed by atoms with Crippen LogP contribution < -0.4 is 10.2 Å². The van der Waals surface area contributed by atoms with Gasteiger partial charge in [0.15, 0.2) is 11.6 Å². The molecule has 1 aromatic carbocycles. The van der Waals surface area contributed by atoms with Crippen molar-refractivity contribution in [2.45, 2.75) is 103 Å². The summed E-state index contributed by atoms with van der Waals surface area (Å²) < 4.78 is 40.9. The summed E-state index contributed by atoms with van der Waals surface area (Å²) in [7, 11) is 0. The molecule has 320 valence electrons. The Kier molecular flexibility index (Phi) is 12.9. The Morgan fingerprint density at radius 3 is 2.22 bits per heavy atom. The van der Waals surface area contributed by atoms with Gasteiger partial charge in [0.1, 0.15) is 17.7 Å². The molecule has 2 amide bonds. The number of pyridine rings is 1. The van der Waals surface area contributed by atoms with Crippen molar-refractivity contribution in [1.82, 2.24) is 39.9 Å². The molecule has 2 unspecified atom stereocenters. The first-order valence-electron chi connectivity index (χ1n) is 21.1. The van der Waals surface area contributed by atoms with Gasteiger partial charge in [-0.3, -0.25) is 19.3 Å². The molecule has 0 aliphatic carbocycles. The number of amidine groups is 1. The minimum absolute atomic E-state index is 0.0560. The number of carbonyl (C=O) groups excluding carboxylic acids is 3. The van der Waals surface area contributed by atoms with Crippen molar-refractivity contribution in [3.63, 3.8) is 0 Å². The van der Waals surface area contributed by atoms with Gasteiger partial charge in [-0.15, -0.1) is 10.2 Å². The molecule has 0 spiro atoms. The summed E-state index contributed by atoms with van der Waals surface area (Å²) in [4.78, 5) is 51.2. The van der Waals surface area contributed by atoms with E-state index in [4.69, 9.17) is 4.98 Å². The lowest BCUT2D eigenvalue weighted by atomic mass is 9.85. The SMILES string of the molecule is CC1CC(=O)CN1C(=O)C(NC(=O)CCCCN1CCN(c2ccc(C#Cc3ccc(C4CCN(C5=Nn6c(nnc6C(F)(F)F)CC5)CC4)cc3)cn2)CC1)C(C)(C)C. The predicted octanol–water partition coefficient (Wildman–Crippen LogP) is 5.09. The first-order chi connectivity index (χ1) is 28.6. The minimum Gasteiger partial charge on any atom is -0.359 e. The van der Waals surface area contributed by atoms with Crippen molar-refractivity contribution in [2.24, 2.45) is 10.5 Å². The summed E-state index contributed by atoms with van der Waals surface area (Å²) in [6, 6.07) is 11.5. The van der Waals surface area contributed by atoms with Crippen LogP contribution >= 0.6 is 0 Å². The van der Waals surface area contributed by atoms with Gasteiger partial charge in [0.25, 0.3) is 5.82 Å². The molecule has 3 aromatic rings. The highest BCUT2D eigenvalue weighted by Gasteiger charge is 2.41. The summed E-state index contributed by atoms with van der Waals surface area (Å²) in [5, 5.41) is 14.3. The van der Waals surface area contributed by atoms with Crippen LogP contribution in [0.15, 0.2) is 47.7 Å². The second-order valence-corrected chi connectivity index (χ2v) is 17.5. The van der Waals surface area contributed by atoms with Gasteiger partial charge < -0.3 is 20.0 Å². The van der Waals surface area contributed by atoms with Crippen molar-refractivity contribution < 1.29 is 27.6 Å². The van der Waals surface area contributed by atoms with E-state index in [-0.39, 0.29) is 36.0 Å². The number of ketones is 1. The fourth-order valence-electron chi connectivity index (χ4n) is 8.48. The first kappa shape index (κ1) is 42.8. The quantitative estimate of drug-likeness (QED) is 0.232. The number of aryl methyl sites for hydroxylation is 1. The summed E-state index contributed by atoms with van der Waals surface area (Å²) in [6.45, 7) is 13.7. The number of halogens is 3. The van der Waals surface area contributed by atoms with Crippen molar-refractivity contribution in [3.05, 3.63) is 70.9 Å². The highest BCUT2D eigenvalue weighted by atomic mass is 19.4. The second-order valence-electron chi connectivity index (χ2n) is 17.5. The zero-order valence-electron chi connectivity index (χ0n) is 35.0. The lowest BCUT2D eigenvalue weighted by Gasteiger charge is -2.35. The molecule has 7 rings (SSSR count). The Balaban J connectivity index is 0.810. The van der Waals surface area contributed by atoms with Gasteiger partial charge in [0, 0.05) is 88.3 Å². The maximum Gasteiger partial charge on any atom is 0.453 e. The van der Waals surface area contributed by atoms with Gasteiger partial charge >= 0.3 is 6.18 Å². The number of unbranched alkanes of at least 4 members (excludes halogenated alkanes) is 1. The van der Waals surface area contributed by atoms with Crippen LogP contribution in [0, 0.1) is 17.3 Å². The van der Waals surface area contributed by atoms with Gasteiger partial charge in [-0.05, 0) is 80.3 Å². The van der Waals surface area contributed by atoms with Crippen LogP contribution in [0.25, 0.3) is 0 Å². The van der Waals surface area contributed by atoms with E-state index in [1.165, 1.54) is 5.56 Å². The molecular weight excluding hydrogens is 774 g/mol. The number of fused-ring (bicyclic) bond motifs is 1. The molecule has 6 heterocycles. The standard InChI is InChI=1S/C44H55F3N10O3/c1-30-27-35(58)29-56(30)41(60)40(43(2,3)4)49-39(59)7-5-6-20-53-23-25-55(26-24-53)36-15-12-32(28-48-36)9-8-31-10-13-33(14-11-31)34-18-21-54(22-19-34)38-17-16-37-50-51-42(44(45,46)47)57(37)52-38/h10-15,28,30,34,40H,5-7,16-27,29H2,1-4H3,(H,49,59). The number of alkyl halides is 3. The van der Waals surface area contributed by atoms with Crippen LogP contribution in [-0.4, -0.2) is 122 Å². The van der Waals surface area contributed by atoms with Crippen LogP contribution in [-0.2, 0) is 27.0 Å². The summed E-state index contributed by atoms with van der Waals surface area (Å²) in [5.41, 5.74) is 2.50. The summed E-state index contributed by atoms with van der Waals surface area (Å²) in [5.74, 6) is 7.33. The largest absolute Gasteiger partial charge is 0.453 e. The van der Waals surface area contributed by atoms with E-state index in [0.717, 1.165) is 93.1 Å². The van der Waals surface area contributed by atoms with Crippen LogP contribution in [0.3, 0.4) is 0 Å². The minimum atomic E-state index is -4.60. The third-order valence-corrected chi connectivity index (χ3v) is 12.0. The number of piperazine rings is 1. The zero-order chi connectivity index (χ0) is 42.6. The highest BCUT2D eigenvalue weighted by molar-refractivity contribution is 5.94. The number of Topliss-reactive ketones (excluding diaryl/α,β-unsaturated/α-hetero) is 1. The van der Waals surface area contributed by atoms with E-state index in [2.05, 4.69) is 59.3 Å². The number of benzene rings is 1. The van der Waals surface area contributed by atoms with E-state index >= 15 is 0 Å². The summed E-state index contributed by atoms with van der Waals surface area (Å²) in [6.07, 6.45) is 2.25. The third kappa shape index (κ3) is 10.3. The van der Waals surface area contributed by atoms with Gasteiger partial charge in [-0.1, -0.05) is 44.7 Å². The Morgan fingerprint density at radius 1 is 0.883 bits per heavy atom. The van der Waals surface area contributed by atoms with Crippen molar-refractivity contribution in [1.29, 1.82) is 0 Å². The predicted molar refractivity (Wildman–Crippen MR) is 221 cm³/mol. The van der Waals surface area contributed by atoms with Crippen LogP contribution in [0.4, 0.5) is 19.0 Å². The molecule has 13 nitrogen and oxygen atoms in total. The fraction of sp³-hybridized carbons (Fsp3) is 0.568. The normalized spacial score (nSPS) is 19.7. The molecule has 0 radical (unpaired) electrons. The zero-order valence-corrected chi connectivity index (χ0v) is 35.0. The lowest BCUT2D eigenvalue weighted by molar-refractivity contribution is -0.147. The molecule has 2 atom stereocenters. The Labute approximate surface area is 349 Å². The van der Waals surface area contributed by atoms with Gasteiger partial charge in [-0.25, -0.2) is 4.98 Å². The van der Waals surface area contributed by atoms with E-state index in [9.17, 15) is 27.6 Å². The molecule has 0 bridgehead atoms. The number of carbonyl (C=O) groups is 3. The third-order valence-electron chi connectivity index (χ3n) is 12.0. The Bertz CT molecular complexity index is 2100. The van der Waals surface area contributed by atoms with Crippen LogP contribution in [0.5, 0.6) is 0 Å². The van der Waals surface area contributed by atoms with E-state index in [1.54, 1.807) is 4.90 Å². The molecule has 1 N–H and O–H groups in total. The number of likely N-dealkylation sites (tertiary alicyclic amines) is 2. The maximum absolute atomic E-state index is 13.4. The maximum atomic E-state index is 13.4. The van der Waals surface area contributed by atoms with Crippen molar-refractivity contribution in [3.8, 4) is 11.8 Å². The number of anilines is 1. The molecule has 3 saturated heterocycles. The Hall–Kier alpha value is -5.30. The molecule has 3 fully saturated rings. The molecule has 4 aliphatic rings. The number of aromatic nitrogens is 4. The molecular formula is C44H55F3N10O3. The topological polar surface area (TPSA) is 132 Å². The average Bonchev–Trinajstić information content (AvgIpc) is 3.82. The van der Waals surface area contributed by atoms with Gasteiger partial charge in [0.05, 0.1) is 6.54 Å². The number of nitrogens with zero attached hydrogens (tertiary/aromatic N) is 9. The van der Waals surface area contributed by atoms with E-state index < -0.39 is 23.5 Å². The number of hydrogen-bond donors (Lipinski definition) is 1. The van der Waals surface area contributed by atoms with E-state index in [1.807, 2.05) is 58.2 Å². The van der Waals surface area contributed by atoms with Gasteiger partial charge in [-0.2, -0.15) is 22.9 Å². The number of nitrogens with one attached hydrogen (secondary N) is 1. The number of hydrogen-bond acceptors (Lipinski definition) is 10.